The molecule has 1 atom stereocenters. The number of amidine groups is 1. The van der Waals surface area contributed by atoms with Crippen molar-refractivity contribution in [3.63, 3.8) is 0 Å². The molecule has 3 heterocycles. The second-order valence-electron chi connectivity index (χ2n) is 5.81. The van der Waals surface area contributed by atoms with Crippen molar-refractivity contribution < 1.29 is 18.6 Å². The molecular weight excluding hydrogens is 346 g/mol. The standard InChI is InChI=1S/C16H18ClN5O3/c1-10(17)6-7-22-12-13(20(2)16(24)21(3)14(12)23)19-15(22)18-9-11-5-4-8-25-11/h4-6,8,12H,7,9H2,1-3H3/p+1/b10-6+. The van der Waals surface area contributed by atoms with Crippen LogP contribution >= 0.6 is 11.6 Å². The number of hydrogen-bond acceptors (Lipinski definition) is 5. The average molecular weight is 365 g/mol. The lowest BCUT2D eigenvalue weighted by Crippen LogP contribution is -2.61. The van der Waals surface area contributed by atoms with E-state index in [-0.39, 0.29) is 5.91 Å². The van der Waals surface area contributed by atoms with Crippen LogP contribution in [0.1, 0.15) is 12.7 Å². The van der Waals surface area contributed by atoms with Gasteiger partial charge in [-0.3, -0.25) is 19.9 Å². The highest BCUT2D eigenvalue weighted by molar-refractivity contribution is 6.29. The molecule has 8 nitrogen and oxygen atoms in total. The Morgan fingerprint density at radius 1 is 1.44 bits per heavy atom. The van der Waals surface area contributed by atoms with Gasteiger partial charge in [-0.1, -0.05) is 16.6 Å². The van der Waals surface area contributed by atoms with E-state index in [1.54, 1.807) is 37.0 Å². The van der Waals surface area contributed by atoms with Crippen molar-refractivity contribution in [3.8, 4) is 0 Å². The third-order valence-corrected chi connectivity index (χ3v) is 4.26. The van der Waals surface area contributed by atoms with E-state index >= 15 is 0 Å². The Morgan fingerprint density at radius 2 is 2.20 bits per heavy atom. The molecule has 0 saturated carbocycles. The summed E-state index contributed by atoms with van der Waals surface area (Å²) >= 11 is 5.95. The molecule has 0 bridgehead atoms. The van der Waals surface area contributed by atoms with Gasteiger partial charge in [0.05, 0.1) is 12.8 Å². The van der Waals surface area contributed by atoms with Gasteiger partial charge in [-0.2, -0.15) is 0 Å². The van der Waals surface area contributed by atoms with Crippen LogP contribution in [0.25, 0.3) is 0 Å². The molecule has 1 saturated heterocycles. The van der Waals surface area contributed by atoms with Gasteiger partial charge in [0.15, 0.2) is 0 Å². The first-order valence-corrected chi connectivity index (χ1v) is 8.14. The fourth-order valence-electron chi connectivity index (χ4n) is 2.73. The fourth-order valence-corrected chi connectivity index (χ4v) is 2.80. The minimum absolute atomic E-state index is 0.322. The monoisotopic (exact) mass is 364 g/mol. The maximum atomic E-state index is 12.6. The molecule has 3 amide bonds. The molecule has 1 N–H and O–H groups in total. The van der Waals surface area contributed by atoms with Crippen molar-refractivity contribution in [2.75, 3.05) is 20.6 Å². The lowest BCUT2D eigenvalue weighted by Gasteiger charge is -2.31. The van der Waals surface area contributed by atoms with E-state index in [2.05, 4.69) is 10.3 Å². The van der Waals surface area contributed by atoms with Gasteiger partial charge in [0.1, 0.15) is 12.3 Å². The van der Waals surface area contributed by atoms with Crippen LogP contribution in [0, 0.1) is 0 Å². The predicted molar refractivity (Wildman–Crippen MR) is 92.4 cm³/mol. The van der Waals surface area contributed by atoms with E-state index in [0.717, 1.165) is 10.7 Å². The van der Waals surface area contributed by atoms with Crippen LogP contribution in [0.2, 0.25) is 0 Å². The first-order chi connectivity index (χ1) is 11.9. The largest absolute Gasteiger partial charge is 0.466 e. The van der Waals surface area contributed by atoms with Crippen molar-refractivity contribution in [2.45, 2.75) is 19.5 Å². The smallest absolute Gasteiger partial charge is 0.390 e. The highest BCUT2D eigenvalue weighted by Crippen LogP contribution is 2.19. The number of hydrogen-bond donors (Lipinski definition) is 1. The number of fused-ring (bicyclic) bond motifs is 1. The first kappa shape index (κ1) is 17.2. The number of furan rings is 1. The minimum atomic E-state index is -0.668. The third kappa shape index (κ3) is 3.17. The minimum Gasteiger partial charge on any atom is -0.466 e. The number of amides is 3. The van der Waals surface area contributed by atoms with Crippen molar-refractivity contribution >= 4 is 35.3 Å². The molecule has 2 aliphatic heterocycles. The van der Waals surface area contributed by atoms with Crippen LogP contribution in [0.15, 0.2) is 38.9 Å². The first-order valence-electron chi connectivity index (χ1n) is 7.76. The molecule has 0 aromatic carbocycles. The lowest BCUT2D eigenvalue weighted by molar-refractivity contribution is -0.527. The van der Waals surface area contributed by atoms with Gasteiger partial charge < -0.3 is 4.42 Å². The number of carbonyl (C=O) groups is 2. The Kier molecular flexibility index (Phi) is 4.63. The Balaban J connectivity index is 1.94. The zero-order valence-electron chi connectivity index (χ0n) is 14.2. The molecule has 1 aromatic heterocycles. The van der Waals surface area contributed by atoms with Crippen LogP contribution in [0.3, 0.4) is 0 Å². The quantitative estimate of drug-likeness (QED) is 0.813. The van der Waals surface area contributed by atoms with Gasteiger partial charge in [0.2, 0.25) is 11.9 Å². The van der Waals surface area contributed by atoms with Gasteiger partial charge in [-0.05, 0) is 25.1 Å². The van der Waals surface area contributed by atoms with Crippen LogP contribution in [-0.4, -0.2) is 64.8 Å². The molecule has 132 valence electrons. The highest BCUT2D eigenvalue weighted by Gasteiger charge is 2.51. The lowest BCUT2D eigenvalue weighted by atomic mass is 10.1. The summed E-state index contributed by atoms with van der Waals surface area (Å²) in [5.41, 5.74) is 0. The second kappa shape index (κ2) is 6.72. The maximum Gasteiger partial charge on any atom is 0.390 e. The SMILES string of the molecule is C/C(Cl)=C\C[N+]1=C(NCc2ccco2)N=C2C1C(=O)N(C)C(=O)N2C. The summed E-state index contributed by atoms with van der Waals surface area (Å²) in [6.45, 7) is 2.56. The molecule has 25 heavy (non-hydrogen) atoms. The molecule has 0 spiro atoms. The number of likely N-dealkylation sites (N-methyl/N-ethyl adjacent to an activating group) is 2. The highest BCUT2D eigenvalue weighted by atomic mass is 35.5. The van der Waals surface area contributed by atoms with Gasteiger partial charge in [0, 0.05) is 19.1 Å². The molecule has 2 aliphatic rings. The van der Waals surface area contributed by atoms with E-state index in [9.17, 15) is 9.59 Å². The Labute approximate surface area is 150 Å². The van der Waals surface area contributed by atoms with E-state index in [0.29, 0.717) is 29.9 Å². The van der Waals surface area contributed by atoms with Gasteiger partial charge in [0.25, 0.3) is 5.91 Å². The van der Waals surface area contributed by atoms with Gasteiger partial charge in [-0.15, -0.1) is 0 Å². The molecule has 3 rings (SSSR count). The topological polar surface area (TPSA) is 81.2 Å². The molecule has 1 fully saturated rings. The van der Waals surface area contributed by atoms with Gasteiger partial charge in [-0.25, -0.2) is 9.37 Å². The molecular formula is C16H19ClN5O3+. The Bertz CT molecular complexity index is 793. The summed E-state index contributed by atoms with van der Waals surface area (Å²) in [6, 6.07) is 2.56. The number of urea groups is 1. The number of rotatable bonds is 4. The summed E-state index contributed by atoms with van der Waals surface area (Å²) in [4.78, 5) is 31.8. The average Bonchev–Trinajstić information content (AvgIpc) is 3.21. The number of nitrogens with one attached hydrogen (secondary N) is 1. The number of nitrogens with zero attached hydrogens (tertiary/aromatic N) is 4. The fraction of sp³-hybridized carbons (Fsp3) is 0.375. The van der Waals surface area contributed by atoms with E-state index in [1.165, 1.54) is 11.9 Å². The van der Waals surface area contributed by atoms with Crippen LogP contribution < -0.4 is 5.32 Å². The van der Waals surface area contributed by atoms with Crippen LogP contribution in [0.4, 0.5) is 4.79 Å². The van der Waals surface area contributed by atoms with E-state index in [1.807, 2.05) is 6.07 Å². The summed E-state index contributed by atoms with van der Waals surface area (Å²) < 4.78 is 7.09. The molecule has 0 aliphatic carbocycles. The third-order valence-electron chi connectivity index (χ3n) is 4.10. The van der Waals surface area contributed by atoms with Crippen LogP contribution in [0.5, 0.6) is 0 Å². The zero-order valence-corrected chi connectivity index (χ0v) is 14.9. The number of imide groups is 1. The molecule has 1 unspecified atom stereocenters. The summed E-state index contributed by atoms with van der Waals surface area (Å²) in [6.07, 6.45) is 3.38. The molecule has 9 heteroatoms. The number of guanidine groups is 1. The normalized spacial score (nSPS) is 21.0. The number of halogens is 1. The zero-order chi connectivity index (χ0) is 18.1. The maximum absolute atomic E-state index is 12.6. The van der Waals surface area contributed by atoms with Gasteiger partial charge >= 0.3 is 12.0 Å². The van der Waals surface area contributed by atoms with Crippen molar-refractivity contribution in [1.29, 1.82) is 0 Å². The Hall–Kier alpha value is -2.61. The number of aliphatic imine (C=N–C) groups is 1. The number of carbonyl (C=O) groups excluding carboxylic acids is 2. The molecule has 0 radical (unpaired) electrons. The predicted octanol–water partition coefficient (Wildman–Crippen LogP) is 1.18. The second-order valence-corrected chi connectivity index (χ2v) is 6.41. The number of allylic oxidation sites excluding steroid dienone is 1. The Morgan fingerprint density at radius 3 is 2.84 bits per heavy atom. The van der Waals surface area contributed by atoms with E-state index in [4.69, 9.17) is 16.0 Å². The summed E-state index contributed by atoms with van der Waals surface area (Å²) in [5.74, 6) is 1.31. The molecule has 1 aromatic rings. The van der Waals surface area contributed by atoms with Crippen molar-refractivity contribution in [3.05, 3.63) is 35.3 Å². The summed E-state index contributed by atoms with van der Waals surface area (Å²) in [7, 11) is 3.07. The van der Waals surface area contributed by atoms with Crippen LogP contribution in [-0.2, 0) is 11.3 Å². The summed E-state index contributed by atoms with van der Waals surface area (Å²) in [5, 5.41) is 3.78. The van der Waals surface area contributed by atoms with Crippen molar-refractivity contribution in [1.82, 2.24) is 15.1 Å². The van der Waals surface area contributed by atoms with E-state index < -0.39 is 12.1 Å². The van der Waals surface area contributed by atoms with Crippen molar-refractivity contribution in [2.24, 2.45) is 4.99 Å².